The van der Waals surface area contributed by atoms with E-state index in [9.17, 15) is 9.59 Å². The minimum Gasteiger partial charge on any atom is -0.493 e. The second-order valence-electron chi connectivity index (χ2n) is 11.6. The molecule has 1 heterocycles. The Kier molecular flexibility index (Phi) is 10.6. The number of benzene rings is 3. The van der Waals surface area contributed by atoms with Crippen molar-refractivity contribution < 1.29 is 23.8 Å². The summed E-state index contributed by atoms with van der Waals surface area (Å²) in [6.45, 7) is 6.50. The van der Waals surface area contributed by atoms with Crippen molar-refractivity contribution in [2.75, 3.05) is 47.5 Å². The van der Waals surface area contributed by atoms with E-state index in [4.69, 9.17) is 31.5 Å². The predicted molar refractivity (Wildman–Crippen MR) is 169 cm³/mol. The van der Waals surface area contributed by atoms with Gasteiger partial charge in [-0.3, -0.25) is 14.5 Å². The number of ether oxygens (including phenoxy) is 3. The zero-order chi connectivity index (χ0) is 31.1. The number of methoxy groups -OCH3 is 3. The van der Waals surface area contributed by atoms with Crippen LogP contribution in [0, 0.1) is 11.3 Å². The minimum atomic E-state index is -0.684. The Labute approximate surface area is 259 Å². The Morgan fingerprint density at radius 1 is 0.860 bits per heavy atom. The molecule has 1 aliphatic rings. The van der Waals surface area contributed by atoms with Gasteiger partial charge in [-0.2, -0.15) is 0 Å². The highest BCUT2D eigenvalue weighted by atomic mass is 35.5. The monoisotopic (exact) mass is 607 g/mol. The van der Waals surface area contributed by atoms with Crippen LogP contribution in [-0.4, -0.2) is 69.1 Å². The first-order valence-electron chi connectivity index (χ1n) is 14.5. The average molecular weight is 608 g/mol. The summed E-state index contributed by atoms with van der Waals surface area (Å²) < 4.78 is 16.4. The highest BCUT2D eigenvalue weighted by molar-refractivity contribution is 6.30. The maximum absolute atomic E-state index is 13.6. The second kappa shape index (κ2) is 14.1. The summed E-state index contributed by atoms with van der Waals surface area (Å²) in [6.07, 6.45) is 0.532. The van der Waals surface area contributed by atoms with Crippen molar-refractivity contribution in [2.24, 2.45) is 17.1 Å². The van der Waals surface area contributed by atoms with Gasteiger partial charge in [-0.05, 0) is 52.8 Å². The number of halogens is 1. The highest BCUT2D eigenvalue weighted by Gasteiger charge is 2.38. The summed E-state index contributed by atoms with van der Waals surface area (Å²) in [4.78, 5) is 30.7. The number of piperazine rings is 1. The van der Waals surface area contributed by atoms with Crippen molar-refractivity contribution in [2.45, 2.75) is 32.7 Å². The quantitative estimate of drug-likeness (QED) is 0.298. The molecule has 0 spiro atoms. The fraction of sp³-hybridized carbons (Fsp3) is 0.412. The van der Waals surface area contributed by atoms with Gasteiger partial charge in [0.15, 0.2) is 11.5 Å². The van der Waals surface area contributed by atoms with Crippen LogP contribution in [-0.2, 0) is 16.0 Å². The Morgan fingerprint density at radius 3 is 1.93 bits per heavy atom. The number of rotatable bonds is 12. The third-order valence-electron chi connectivity index (χ3n) is 8.39. The Morgan fingerprint density at radius 2 is 1.42 bits per heavy atom. The van der Waals surface area contributed by atoms with Crippen molar-refractivity contribution in [3.05, 3.63) is 88.4 Å². The molecule has 1 saturated heterocycles. The van der Waals surface area contributed by atoms with E-state index in [-0.39, 0.29) is 18.4 Å². The predicted octanol–water partition coefficient (Wildman–Crippen LogP) is 5.36. The lowest BCUT2D eigenvalue weighted by Gasteiger charge is -2.41. The Bertz CT molecular complexity index is 1360. The number of carbonyl (C=O) groups is 2. The maximum atomic E-state index is 13.6. The van der Waals surface area contributed by atoms with E-state index in [0.29, 0.717) is 41.8 Å². The normalized spacial score (nSPS) is 15.4. The molecule has 3 aromatic rings. The van der Waals surface area contributed by atoms with Crippen LogP contribution in [0.3, 0.4) is 0 Å². The van der Waals surface area contributed by atoms with Crippen molar-refractivity contribution in [1.82, 2.24) is 9.80 Å². The third kappa shape index (κ3) is 7.61. The van der Waals surface area contributed by atoms with E-state index >= 15 is 0 Å². The lowest BCUT2D eigenvalue weighted by atomic mass is 9.72. The molecular weight excluding hydrogens is 566 g/mol. The fourth-order valence-electron chi connectivity index (χ4n) is 6.00. The molecule has 0 saturated carbocycles. The van der Waals surface area contributed by atoms with Crippen LogP contribution >= 0.6 is 11.6 Å². The van der Waals surface area contributed by atoms with Crippen LogP contribution in [0.2, 0.25) is 5.02 Å². The molecule has 2 N–H and O–H groups in total. The van der Waals surface area contributed by atoms with E-state index in [1.165, 1.54) is 5.56 Å². The fourth-order valence-corrected chi connectivity index (χ4v) is 6.13. The lowest BCUT2D eigenvalue weighted by molar-refractivity contribution is -0.137. The molecule has 0 aromatic heterocycles. The topological polar surface area (TPSA) is 94.3 Å². The molecular formula is C34H42ClN3O5. The van der Waals surface area contributed by atoms with Crippen LogP contribution in [0.25, 0.3) is 0 Å². The van der Waals surface area contributed by atoms with Crippen LogP contribution in [0.5, 0.6) is 17.2 Å². The molecule has 9 heteroatoms. The van der Waals surface area contributed by atoms with Crippen LogP contribution in [0.4, 0.5) is 0 Å². The molecule has 0 aliphatic carbocycles. The summed E-state index contributed by atoms with van der Waals surface area (Å²) in [6, 6.07) is 22.1. The molecule has 2 unspecified atom stereocenters. The SMILES string of the molecule is COc1cc(CC(C(N)=O)C(C)(C)CC(=O)N2CCN(C(c3ccccc3)c3ccc(Cl)cc3)CC2)cc(OC)c1OC. The first-order chi connectivity index (χ1) is 20.6. The van der Waals surface area contributed by atoms with Gasteiger partial charge < -0.3 is 24.8 Å². The van der Waals surface area contributed by atoms with Crippen LogP contribution < -0.4 is 19.9 Å². The van der Waals surface area contributed by atoms with E-state index in [0.717, 1.165) is 24.2 Å². The van der Waals surface area contributed by atoms with Gasteiger partial charge in [-0.1, -0.05) is 67.9 Å². The van der Waals surface area contributed by atoms with Crippen molar-refractivity contribution in [1.29, 1.82) is 0 Å². The van der Waals surface area contributed by atoms with Crippen molar-refractivity contribution >= 4 is 23.4 Å². The van der Waals surface area contributed by atoms with E-state index in [1.54, 1.807) is 21.3 Å². The second-order valence-corrected chi connectivity index (χ2v) is 12.1. The summed E-state index contributed by atoms with van der Waals surface area (Å²) in [5.41, 5.74) is 8.41. The number of carbonyl (C=O) groups excluding carboxylic acids is 2. The number of hydrogen-bond donors (Lipinski definition) is 1. The minimum absolute atomic E-state index is 0.0172. The lowest BCUT2D eigenvalue weighted by Crippen LogP contribution is -2.51. The van der Waals surface area contributed by atoms with Gasteiger partial charge in [-0.15, -0.1) is 0 Å². The first-order valence-corrected chi connectivity index (χ1v) is 14.9. The van der Waals surface area contributed by atoms with Crippen LogP contribution in [0.1, 0.15) is 43.0 Å². The Balaban J connectivity index is 1.46. The molecule has 4 rings (SSSR count). The summed E-state index contributed by atoms with van der Waals surface area (Å²) >= 11 is 6.18. The van der Waals surface area contributed by atoms with Gasteiger partial charge in [0.25, 0.3) is 0 Å². The number of nitrogens with two attached hydrogens (primary N) is 1. The summed E-state index contributed by atoms with van der Waals surface area (Å²) in [5.74, 6) is 0.448. The zero-order valence-electron chi connectivity index (χ0n) is 25.6. The molecule has 230 valence electrons. The average Bonchev–Trinajstić information content (AvgIpc) is 3.00. The van der Waals surface area contributed by atoms with Crippen molar-refractivity contribution in [3.8, 4) is 17.2 Å². The Hall–Kier alpha value is -3.75. The summed E-state index contributed by atoms with van der Waals surface area (Å²) in [5, 5.41) is 0.702. The van der Waals surface area contributed by atoms with Gasteiger partial charge >= 0.3 is 0 Å². The largest absolute Gasteiger partial charge is 0.493 e. The standard InChI is InChI=1S/C34H42ClN3O5/c1-34(2,27(33(36)40)19-23-20-28(41-3)32(43-5)29(21-23)42-4)22-30(39)37-15-17-38(18-16-37)31(24-9-7-6-8-10-24)25-11-13-26(35)14-12-25/h6-14,20-21,27,31H,15-19,22H2,1-5H3,(H2,36,40). The van der Waals surface area contributed by atoms with E-state index in [2.05, 4.69) is 29.2 Å². The van der Waals surface area contributed by atoms with Gasteiger partial charge in [0.2, 0.25) is 17.6 Å². The zero-order valence-corrected chi connectivity index (χ0v) is 26.4. The summed E-state index contributed by atoms with van der Waals surface area (Å²) in [7, 11) is 4.64. The van der Waals surface area contributed by atoms with Crippen LogP contribution in [0.15, 0.2) is 66.7 Å². The maximum Gasteiger partial charge on any atom is 0.223 e. The van der Waals surface area contributed by atoms with Gasteiger partial charge in [0.1, 0.15) is 0 Å². The van der Waals surface area contributed by atoms with E-state index in [1.807, 2.05) is 61.2 Å². The number of nitrogens with zero attached hydrogens (tertiary/aromatic N) is 2. The number of primary amides is 1. The van der Waals surface area contributed by atoms with Crippen molar-refractivity contribution in [3.63, 3.8) is 0 Å². The number of hydrogen-bond acceptors (Lipinski definition) is 6. The molecule has 1 fully saturated rings. The van der Waals surface area contributed by atoms with E-state index < -0.39 is 17.2 Å². The first kappa shape index (κ1) is 32.2. The molecule has 3 aromatic carbocycles. The molecule has 0 radical (unpaired) electrons. The molecule has 0 bridgehead atoms. The smallest absolute Gasteiger partial charge is 0.223 e. The van der Waals surface area contributed by atoms with Gasteiger partial charge in [-0.25, -0.2) is 0 Å². The molecule has 1 aliphatic heterocycles. The molecule has 43 heavy (non-hydrogen) atoms. The number of amides is 2. The molecule has 8 nitrogen and oxygen atoms in total. The third-order valence-corrected chi connectivity index (χ3v) is 8.64. The van der Waals surface area contributed by atoms with Gasteiger partial charge in [0, 0.05) is 43.5 Å². The van der Waals surface area contributed by atoms with Gasteiger partial charge in [0.05, 0.1) is 27.4 Å². The molecule has 2 amide bonds. The highest BCUT2D eigenvalue weighted by Crippen LogP contribution is 2.41. The molecule has 2 atom stereocenters.